The lowest BCUT2D eigenvalue weighted by Gasteiger charge is -2.03. The van der Waals surface area contributed by atoms with Gasteiger partial charge in [0.1, 0.15) is 0 Å². The molecule has 0 fully saturated rings. The summed E-state index contributed by atoms with van der Waals surface area (Å²) >= 11 is 0. The molecule has 0 aromatic carbocycles. The highest BCUT2D eigenvalue weighted by atomic mass is 16.4. The quantitative estimate of drug-likeness (QED) is 0.499. The van der Waals surface area contributed by atoms with Crippen LogP contribution in [0.5, 0.6) is 0 Å². The zero-order chi connectivity index (χ0) is 8.15. The van der Waals surface area contributed by atoms with Gasteiger partial charge in [-0.05, 0) is 6.42 Å². The first-order chi connectivity index (χ1) is 4.59. The van der Waals surface area contributed by atoms with Gasteiger partial charge in [-0.15, -0.1) is 4.90 Å². The summed E-state index contributed by atoms with van der Waals surface area (Å²) in [6.45, 7) is 1.84. The predicted molar refractivity (Wildman–Crippen MR) is 32.2 cm³/mol. The molecule has 5 heteroatoms. The highest BCUT2D eigenvalue weighted by Crippen LogP contribution is 1.65. The van der Waals surface area contributed by atoms with Gasteiger partial charge >= 0.3 is 12.2 Å². The van der Waals surface area contributed by atoms with Gasteiger partial charge in [-0.3, -0.25) is 0 Å². The van der Waals surface area contributed by atoms with Crippen LogP contribution in [0.1, 0.15) is 13.3 Å². The smallest absolute Gasteiger partial charge is 0.435 e. The highest BCUT2D eigenvalue weighted by Gasteiger charge is 2.25. The van der Waals surface area contributed by atoms with Crippen LogP contribution in [-0.4, -0.2) is 28.9 Å². The number of amides is 2. The van der Waals surface area contributed by atoms with Crippen molar-refractivity contribution in [3.05, 3.63) is 0 Å². The molecule has 0 heterocycles. The second-order valence-corrected chi connectivity index (χ2v) is 1.84. The summed E-state index contributed by atoms with van der Waals surface area (Å²) in [5.41, 5.74) is 0. The summed E-state index contributed by atoms with van der Waals surface area (Å²) in [6, 6.07) is 0. The van der Waals surface area contributed by atoms with E-state index >= 15 is 0 Å². The Kier molecular flexibility index (Phi) is 3.42. The van der Waals surface area contributed by atoms with E-state index in [1.54, 1.807) is 6.92 Å². The van der Waals surface area contributed by atoms with E-state index in [4.69, 9.17) is 10.2 Å². The average Bonchev–Trinajstić information content (AvgIpc) is 1.81. The van der Waals surface area contributed by atoms with Gasteiger partial charge in [0.2, 0.25) is 0 Å². The zero-order valence-corrected chi connectivity index (χ0v) is 5.63. The van der Waals surface area contributed by atoms with Crippen molar-refractivity contribution in [2.75, 3.05) is 6.54 Å². The van der Waals surface area contributed by atoms with Crippen molar-refractivity contribution in [3.8, 4) is 0 Å². The minimum absolute atomic E-state index is 0.116. The zero-order valence-electron chi connectivity index (χ0n) is 5.63. The molecule has 0 rings (SSSR count). The Morgan fingerprint density at radius 3 is 1.80 bits per heavy atom. The Bertz CT molecular complexity index is 131. The maximum atomic E-state index is 10.1. The van der Waals surface area contributed by atoms with Crippen molar-refractivity contribution in [1.29, 1.82) is 0 Å². The molecule has 0 atom stereocenters. The topological polar surface area (TPSA) is 79.0 Å². The molecule has 0 aromatic rings. The summed E-state index contributed by atoms with van der Waals surface area (Å²) in [5.74, 6) is 0. The summed E-state index contributed by atoms with van der Waals surface area (Å²) in [4.78, 5) is 19.8. The number of rotatable bonds is 2. The lowest BCUT2D eigenvalue weighted by molar-refractivity contribution is -0.744. The van der Waals surface area contributed by atoms with Gasteiger partial charge in [0.05, 0.1) is 6.54 Å². The molecule has 3 N–H and O–H groups in total. The maximum Gasteiger partial charge on any atom is 0.522 e. The Balaban J connectivity index is 3.98. The fourth-order valence-corrected chi connectivity index (χ4v) is 0.555. The molecule has 5 nitrogen and oxygen atoms in total. The van der Waals surface area contributed by atoms with Gasteiger partial charge in [0.15, 0.2) is 0 Å². The molecule has 2 amide bonds. The summed E-state index contributed by atoms with van der Waals surface area (Å²) in [5, 5.41) is 16.5. The Labute approximate surface area is 57.9 Å². The number of carboxylic acid groups (broad SMARTS) is 2. The first-order valence-corrected chi connectivity index (χ1v) is 2.92. The van der Waals surface area contributed by atoms with Crippen LogP contribution in [0.2, 0.25) is 0 Å². The van der Waals surface area contributed by atoms with Gasteiger partial charge < -0.3 is 10.2 Å². The summed E-state index contributed by atoms with van der Waals surface area (Å²) in [6.07, 6.45) is -2.14. The van der Waals surface area contributed by atoms with Crippen LogP contribution in [-0.2, 0) is 0 Å². The van der Waals surface area contributed by atoms with Crippen molar-refractivity contribution < 1.29 is 24.7 Å². The molecule has 0 bridgehead atoms. The van der Waals surface area contributed by atoms with Gasteiger partial charge in [0.25, 0.3) is 0 Å². The van der Waals surface area contributed by atoms with E-state index in [2.05, 4.69) is 0 Å². The van der Waals surface area contributed by atoms with Crippen LogP contribution in [0.3, 0.4) is 0 Å². The van der Waals surface area contributed by atoms with Gasteiger partial charge in [-0.25, -0.2) is 0 Å². The van der Waals surface area contributed by atoms with E-state index in [-0.39, 0.29) is 6.54 Å². The average molecular weight is 148 g/mol. The Morgan fingerprint density at radius 1 is 1.30 bits per heavy atom. The maximum absolute atomic E-state index is 10.1. The number of carbonyl (C=O) groups is 2. The Hall–Kier alpha value is -1.10. The monoisotopic (exact) mass is 148 g/mol. The number of imide groups is 1. The molecule has 0 aromatic heterocycles. The summed E-state index contributed by atoms with van der Waals surface area (Å²) < 4.78 is 0. The molecule has 0 aliphatic heterocycles. The van der Waals surface area contributed by atoms with E-state index in [1.807, 2.05) is 0 Å². The fourth-order valence-electron chi connectivity index (χ4n) is 0.555. The highest BCUT2D eigenvalue weighted by molar-refractivity contribution is 5.69. The first kappa shape index (κ1) is 8.90. The van der Waals surface area contributed by atoms with E-state index in [0.717, 1.165) is 0 Å². The van der Waals surface area contributed by atoms with Crippen LogP contribution >= 0.6 is 0 Å². The van der Waals surface area contributed by atoms with E-state index in [0.29, 0.717) is 6.42 Å². The number of hydrogen-bond donors (Lipinski definition) is 3. The molecule has 58 valence electrons. The third kappa shape index (κ3) is 2.45. The van der Waals surface area contributed by atoms with Crippen LogP contribution in [0, 0.1) is 0 Å². The van der Waals surface area contributed by atoms with Crippen LogP contribution in [0.15, 0.2) is 0 Å². The van der Waals surface area contributed by atoms with Crippen molar-refractivity contribution >= 4 is 12.2 Å². The van der Waals surface area contributed by atoms with Gasteiger partial charge in [0, 0.05) is 0 Å². The lowest BCUT2D eigenvalue weighted by Crippen LogP contribution is -3.16. The molecule has 0 radical (unpaired) electrons. The predicted octanol–water partition coefficient (Wildman–Crippen LogP) is -0.363. The van der Waals surface area contributed by atoms with Crippen molar-refractivity contribution in [2.45, 2.75) is 13.3 Å². The van der Waals surface area contributed by atoms with Gasteiger partial charge in [-0.1, -0.05) is 6.92 Å². The molecule has 0 unspecified atom stereocenters. The fraction of sp³-hybridized carbons (Fsp3) is 0.600. The minimum Gasteiger partial charge on any atom is -0.435 e. The number of nitrogens with one attached hydrogen (secondary N) is 1. The molecule has 0 saturated carbocycles. The van der Waals surface area contributed by atoms with Gasteiger partial charge in [-0.2, -0.15) is 9.59 Å². The molecule has 0 aliphatic rings. The van der Waals surface area contributed by atoms with Crippen molar-refractivity contribution in [3.63, 3.8) is 0 Å². The molecule has 0 aliphatic carbocycles. The summed E-state index contributed by atoms with van der Waals surface area (Å²) in [7, 11) is 0. The van der Waals surface area contributed by atoms with Crippen molar-refractivity contribution in [2.24, 2.45) is 0 Å². The van der Waals surface area contributed by atoms with Crippen LogP contribution in [0.25, 0.3) is 0 Å². The lowest BCUT2D eigenvalue weighted by atomic mass is 10.4. The molecular formula is C5H10NO4+. The minimum atomic E-state index is -1.34. The number of quaternary nitrogens is 1. The van der Waals surface area contributed by atoms with E-state index in [1.165, 1.54) is 0 Å². The van der Waals surface area contributed by atoms with Crippen molar-refractivity contribution in [1.82, 2.24) is 0 Å². The second kappa shape index (κ2) is 3.84. The molecular weight excluding hydrogens is 138 g/mol. The van der Waals surface area contributed by atoms with Crippen LogP contribution in [0.4, 0.5) is 9.59 Å². The normalized spacial score (nSPS) is 9.80. The number of hydrogen-bond acceptors (Lipinski definition) is 2. The third-order valence-corrected chi connectivity index (χ3v) is 1.02. The Morgan fingerprint density at radius 2 is 1.70 bits per heavy atom. The molecule has 0 spiro atoms. The first-order valence-electron chi connectivity index (χ1n) is 2.92. The second-order valence-electron chi connectivity index (χ2n) is 1.84. The standard InChI is InChI=1S/C5H9NO4/c1-2-3-6(4(7)8)5(9)10/h2-3H2,1H3,(H,7,8)(H,9,10)/p+1. The molecule has 0 saturated heterocycles. The van der Waals surface area contributed by atoms with E-state index < -0.39 is 17.1 Å². The largest absolute Gasteiger partial charge is 0.522 e. The van der Waals surface area contributed by atoms with E-state index in [9.17, 15) is 9.59 Å². The third-order valence-electron chi connectivity index (χ3n) is 1.02. The SMILES string of the molecule is CCC[NH+](C(=O)O)C(=O)O. The van der Waals surface area contributed by atoms with Crippen LogP contribution < -0.4 is 4.90 Å². The molecule has 10 heavy (non-hydrogen) atoms.